The summed E-state index contributed by atoms with van der Waals surface area (Å²) in [6, 6.07) is 0. The van der Waals surface area contributed by atoms with Gasteiger partial charge in [0.1, 0.15) is 24.1 Å². The molecule has 0 saturated heterocycles. The van der Waals surface area contributed by atoms with Gasteiger partial charge in [-0.2, -0.15) is 0 Å². The van der Waals surface area contributed by atoms with Crippen LogP contribution >= 0.6 is 0 Å². The predicted octanol–water partition coefficient (Wildman–Crippen LogP) is 16.7. The Morgan fingerprint density at radius 3 is 1.13 bits per heavy atom. The van der Waals surface area contributed by atoms with Crippen LogP contribution in [0.4, 0.5) is 0 Å². The molecule has 1 aromatic rings. The molecule has 0 bridgehead atoms. The number of ether oxygens (including phenoxy) is 3. The van der Waals surface area contributed by atoms with Crippen molar-refractivity contribution in [3.8, 4) is 0 Å². The second-order valence-corrected chi connectivity index (χ2v) is 21.2. The molecule has 0 aliphatic rings. The number of unbranched alkanes of at least 4 members (excludes halogenated alkanes) is 21. The summed E-state index contributed by atoms with van der Waals surface area (Å²) in [5.74, 6) is 1.16. The van der Waals surface area contributed by atoms with E-state index in [-0.39, 0.29) is 36.2 Å². The van der Waals surface area contributed by atoms with Crippen LogP contribution in [0.3, 0.4) is 0 Å². The number of hydrogen-bond donors (Lipinski definition) is 0. The van der Waals surface area contributed by atoms with Crippen molar-refractivity contribution in [2.75, 3.05) is 32.7 Å². The molecule has 3 unspecified atom stereocenters. The minimum atomic E-state index is -0.00916. The molecule has 0 aromatic carbocycles. The lowest BCUT2D eigenvalue weighted by molar-refractivity contribution is -0.150. The number of aromatic nitrogens is 2. The fraction of sp³-hybridized carbons (Fsp3) is 0.902. The van der Waals surface area contributed by atoms with Crippen molar-refractivity contribution in [3.05, 3.63) is 18.2 Å². The molecule has 0 radical (unpaired) electrons. The third kappa shape index (κ3) is 38.7. The minimum Gasteiger partial charge on any atom is -0.462 e. The van der Waals surface area contributed by atoms with Crippen molar-refractivity contribution in [2.24, 2.45) is 0 Å². The Bertz CT molecular complexity index is 1310. The monoisotopic (exact) mass is 1000 g/mol. The van der Waals surface area contributed by atoms with Crippen molar-refractivity contribution in [1.82, 2.24) is 19.4 Å². The molecule has 416 valence electrons. The summed E-state index contributed by atoms with van der Waals surface area (Å²) < 4.78 is 19.7. The van der Waals surface area contributed by atoms with Crippen molar-refractivity contribution in [2.45, 2.75) is 324 Å². The standard InChI is InChI=1S/C61H116N4O6/c1-8-15-30-40-55(12-5)69-59(66)43-33-24-18-21-27-36-48-63(49-37-28-22-19-25-34-44-60(67)70-56(13-6)41-31-16-9-2)51-39-52-64(54-58-62-46-53-65(58)47-11-4)50-38-29-23-20-26-35-45-61(68)71-57(14-7)42-32-17-10-3/h46,53,55-57H,8-45,47-52,54H2,1-7H3. The van der Waals surface area contributed by atoms with Gasteiger partial charge < -0.3 is 23.7 Å². The number of aryl methyl sites for hydroxylation is 1. The molecule has 1 aromatic heterocycles. The molecular weight excluding hydrogens is 885 g/mol. The number of carbonyl (C=O) groups excluding carboxylic acids is 3. The lowest BCUT2D eigenvalue weighted by Crippen LogP contribution is -2.32. The van der Waals surface area contributed by atoms with Gasteiger partial charge in [0.15, 0.2) is 0 Å². The first kappa shape index (κ1) is 66.6. The van der Waals surface area contributed by atoms with Crippen LogP contribution in [0.15, 0.2) is 12.4 Å². The Balaban J connectivity index is 2.65. The Morgan fingerprint density at radius 2 is 0.761 bits per heavy atom. The van der Waals surface area contributed by atoms with Gasteiger partial charge in [-0.25, -0.2) is 4.98 Å². The average Bonchev–Trinajstić information content (AvgIpc) is 3.80. The lowest BCUT2D eigenvalue weighted by Gasteiger charge is -2.26. The number of hydrogen-bond acceptors (Lipinski definition) is 9. The van der Waals surface area contributed by atoms with Gasteiger partial charge in [-0.3, -0.25) is 19.3 Å². The Morgan fingerprint density at radius 1 is 0.423 bits per heavy atom. The molecule has 10 heteroatoms. The van der Waals surface area contributed by atoms with E-state index in [9.17, 15) is 14.4 Å². The van der Waals surface area contributed by atoms with Crippen molar-refractivity contribution in [1.29, 1.82) is 0 Å². The topological polar surface area (TPSA) is 103 Å². The van der Waals surface area contributed by atoms with E-state index >= 15 is 0 Å². The molecule has 0 spiro atoms. The van der Waals surface area contributed by atoms with Gasteiger partial charge in [0.05, 0.1) is 6.54 Å². The summed E-state index contributed by atoms with van der Waals surface area (Å²) >= 11 is 0. The SMILES string of the molecule is CCCCCC(CC)OC(=O)CCCCCCCCN(CCCCCCCCC(=O)OC(CC)CCCCC)CCCN(CCCCCCCCC(=O)OC(CC)CCCCC)Cc1nccn1CCC. The minimum absolute atomic E-state index is 0.00686. The van der Waals surface area contributed by atoms with Crippen LogP contribution < -0.4 is 0 Å². The molecule has 0 amide bonds. The van der Waals surface area contributed by atoms with E-state index in [0.717, 1.165) is 155 Å². The Labute approximate surface area is 439 Å². The van der Waals surface area contributed by atoms with E-state index in [2.05, 4.69) is 69.0 Å². The molecule has 3 atom stereocenters. The third-order valence-electron chi connectivity index (χ3n) is 14.5. The molecule has 71 heavy (non-hydrogen) atoms. The summed E-state index contributed by atoms with van der Waals surface area (Å²) in [6.45, 7) is 22.8. The van der Waals surface area contributed by atoms with Crippen LogP contribution in [0.5, 0.6) is 0 Å². The van der Waals surface area contributed by atoms with Crippen molar-refractivity contribution >= 4 is 17.9 Å². The highest BCUT2D eigenvalue weighted by Crippen LogP contribution is 2.18. The molecule has 0 aliphatic carbocycles. The smallest absolute Gasteiger partial charge is 0.306 e. The third-order valence-corrected chi connectivity index (χ3v) is 14.5. The first-order valence-electron chi connectivity index (χ1n) is 30.8. The second kappa shape index (κ2) is 48.5. The highest BCUT2D eigenvalue weighted by Gasteiger charge is 2.16. The van der Waals surface area contributed by atoms with E-state index in [4.69, 9.17) is 19.2 Å². The largest absolute Gasteiger partial charge is 0.462 e. The highest BCUT2D eigenvalue weighted by molar-refractivity contribution is 5.70. The highest BCUT2D eigenvalue weighted by atomic mass is 16.6. The normalized spacial score (nSPS) is 13.0. The van der Waals surface area contributed by atoms with Gasteiger partial charge in [0, 0.05) is 38.2 Å². The predicted molar refractivity (Wildman–Crippen MR) is 299 cm³/mol. The van der Waals surface area contributed by atoms with Gasteiger partial charge in [-0.1, -0.05) is 164 Å². The lowest BCUT2D eigenvalue weighted by atomic mass is 10.1. The zero-order chi connectivity index (χ0) is 51.8. The molecule has 1 heterocycles. The summed E-state index contributed by atoms with van der Waals surface area (Å²) in [4.78, 5) is 47.7. The van der Waals surface area contributed by atoms with Gasteiger partial charge in [0.2, 0.25) is 0 Å². The van der Waals surface area contributed by atoms with Gasteiger partial charge in [0.25, 0.3) is 0 Å². The summed E-state index contributed by atoms with van der Waals surface area (Å²) in [7, 11) is 0. The molecule has 1 rings (SSSR count). The zero-order valence-corrected chi connectivity index (χ0v) is 47.9. The Kier molecular flexibility index (Phi) is 45.4. The maximum Gasteiger partial charge on any atom is 0.306 e. The second-order valence-electron chi connectivity index (χ2n) is 21.2. The maximum absolute atomic E-state index is 12.5. The average molecular weight is 1000 g/mol. The van der Waals surface area contributed by atoms with Crippen LogP contribution in [-0.4, -0.2) is 88.3 Å². The zero-order valence-electron chi connectivity index (χ0n) is 47.9. The molecule has 0 fully saturated rings. The van der Waals surface area contributed by atoms with Crippen molar-refractivity contribution in [3.63, 3.8) is 0 Å². The number of rotatable bonds is 53. The van der Waals surface area contributed by atoms with E-state index in [0.29, 0.717) is 19.3 Å². The van der Waals surface area contributed by atoms with E-state index in [1.807, 2.05) is 6.20 Å². The maximum atomic E-state index is 12.5. The first-order valence-corrected chi connectivity index (χ1v) is 30.8. The van der Waals surface area contributed by atoms with Crippen LogP contribution in [0, 0.1) is 0 Å². The molecule has 0 saturated carbocycles. The van der Waals surface area contributed by atoms with Crippen LogP contribution in [0.2, 0.25) is 0 Å². The van der Waals surface area contributed by atoms with Crippen LogP contribution in [0.25, 0.3) is 0 Å². The number of carbonyl (C=O) groups is 3. The number of imidazole rings is 1. The molecular formula is C61H116N4O6. The van der Waals surface area contributed by atoms with E-state index in [1.54, 1.807) is 0 Å². The number of nitrogens with zero attached hydrogens (tertiary/aromatic N) is 4. The fourth-order valence-corrected chi connectivity index (χ4v) is 9.83. The van der Waals surface area contributed by atoms with E-state index < -0.39 is 0 Å². The molecule has 0 N–H and O–H groups in total. The van der Waals surface area contributed by atoms with Gasteiger partial charge in [-0.05, 0) is 142 Å². The van der Waals surface area contributed by atoms with E-state index in [1.165, 1.54) is 121 Å². The number of esters is 3. The van der Waals surface area contributed by atoms with Crippen LogP contribution in [-0.2, 0) is 41.7 Å². The van der Waals surface area contributed by atoms with Crippen molar-refractivity contribution < 1.29 is 28.6 Å². The summed E-state index contributed by atoms with van der Waals surface area (Å²) in [6.07, 6.45) is 45.4. The summed E-state index contributed by atoms with van der Waals surface area (Å²) in [5, 5.41) is 0. The van der Waals surface area contributed by atoms with Gasteiger partial charge in [-0.15, -0.1) is 0 Å². The molecule has 10 nitrogen and oxygen atoms in total. The quantitative estimate of drug-likeness (QED) is 0.0358. The summed E-state index contributed by atoms with van der Waals surface area (Å²) in [5.41, 5.74) is 0. The molecule has 0 aliphatic heterocycles. The Hall–Kier alpha value is -2.46. The van der Waals surface area contributed by atoms with Crippen LogP contribution in [0.1, 0.15) is 298 Å². The van der Waals surface area contributed by atoms with Gasteiger partial charge >= 0.3 is 17.9 Å². The fourth-order valence-electron chi connectivity index (χ4n) is 9.83. The first-order chi connectivity index (χ1) is 34.7.